The van der Waals surface area contributed by atoms with E-state index in [1.54, 1.807) is 6.20 Å². The van der Waals surface area contributed by atoms with Gasteiger partial charge in [-0.05, 0) is 63.1 Å². The van der Waals surface area contributed by atoms with Gasteiger partial charge in [0.15, 0.2) is 0 Å². The second kappa shape index (κ2) is 7.93. The number of carbonyl (C=O) groups is 1. The molecule has 162 valence electrons. The zero-order valence-electron chi connectivity index (χ0n) is 18.4. The van der Waals surface area contributed by atoms with Crippen LogP contribution in [-0.2, 0) is 0 Å². The molecule has 2 aromatic heterocycles. The third-order valence-electron chi connectivity index (χ3n) is 6.66. The molecule has 2 unspecified atom stereocenters. The first-order valence-electron chi connectivity index (χ1n) is 11.2. The quantitative estimate of drug-likeness (QED) is 0.818. The van der Waals surface area contributed by atoms with Crippen LogP contribution in [0.4, 0.5) is 0 Å². The van der Waals surface area contributed by atoms with Crippen LogP contribution in [0.3, 0.4) is 0 Å². The van der Waals surface area contributed by atoms with E-state index in [2.05, 4.69) is 56.1 Å². The van der Waals surface area contributed by atoms with E-state index >= 15 is 0 Å². The highest BCUT2D eigenvalue weighted by atomic mass is 16.2. The van der Waals surface area contributed by atoms with Crippen LogP contribution >= 0.6 is 0 Å². The van der Waals surface area contributed by atoms with Gasteiger partial charge in [0.05, 0.1) is 11.3 Å². The highest BCUT2D eigenvalue weighted by molar-refractivity contribution is 6.15. The van der Waals surface area contributed by atoms with Crippen molar-refractivity contribution in [2.45, 2.75) is 38.8 Å². The Morgan fingerprint density at radius 3 is 2.81 bits per heavy atom. The summed E-state index contributed by atoms with van der Waals surface area (Å²) in [5.41, 5.74) is 5.76. The van der Waals surface area contributed by atoms with Gasteiger partial charge in [-0.2, -0.15) is 0 Å². The number of pyridine rings is 1. The summed E-state index contributed by atoms with van der Waals surface area (Å²) < 4.78 is 0. The zero-order valence-corrected chi connectivity index (χ0v) is 18.4. The molecule has 4 heterocycles. The predicted octanol–water partition coefficient (Wildman–Crippen LogP) is 4.09. The summed E-state index contributed by atoms with van der Waals surface area (Å²) in [6.45, 7) is 6.75. The standard InChI is InChI=1S/C25H29N5O.H2/c1-4-16-10-17(6-9-23(16)26-5-2)22-13-28-24-21(22)11-18(12-27-24)25(31)30-19-7-8-20(30)15-29(3)14-19;/h4,6,9-13,19-20H,5,7-8,14-15H2,1-3H3,(H,27,28);1H/b16-4-,26-23?;. The van der Waals surface area contributed by atoms with Crippen molar-refractivity contribution in [3.05, 3.63) is 59.5 Å². The highest BCUT2D eigenvalue weighted by Gasteiger charge is 2.41. The van der Waals surface area contributed by atoms with Crippen molar-refractivity contribution in [2.24, 2.45) is 4.99 Å². The molecule has 0 radical (unpaired) electrons. The Kier molecular flexibility index (Phi) is 5.10. The predicted molar refractivity (Wildman–Crippen MR) is 128 cm³/mol. The molecule has 2 aliphatic heterocycles. The first kappa shape index (κ1) is 19.9. The topological polar surface area (TPSA) is 64.6 Å². The Balaban J connectivity index is 0.00000245. The number of rotatable bonds is 3. The number of likely N-dealkylation sites (N-methyl/N-ethyl adjacent to an activating group) is 1. The maximum atomic E-state index is 13.4. The molecule has 2 saturated heterocycles. The van der Waals surface area contributed by atoms with Crippen LogP contribution in [0.2, 0.25) is 0 Å². The number of aromatic nitrogens is 2. The second-order valence-corrected chi connectivity index (χ2v) is 8.68. The molecular formula is C25H31N5O. The SMILES string of the molecule is C/C=C1/C=C(c2c[nH]c3ncc(C(=O)N4C5CCC4CN(C)C5)cc23)C=CC1=NCC.[HH]. The lowest BCUT2D eigenvalue weighted by Crippen LogP contribution is -2.54. The van der Waals surface area contributed by atoms with Crippen LogP contribution in [0, 0.1) is 0 Å². The normalized spacial score (nSPS) is 26.3. The number of aromatic amines is 1. The van der Waals surface area contributed by atoms with E-state index in [0.717, 1.165) is 65.9 Å². The third-order valence-corrected chi connectivity index (χ3v) is 6.66. The van der Waals surface area contributed by atoms with Crippen LogP contribution in [-0.4, -0.2) is 70.2 Å². The van der Waals surface area contributed by atoms with Crippen molar-refractivity contribution < 1.29 is 6.22 Å². The minimum atomic E-state index is 0. The number of carbonyl (C=O) groups excluding carboxylic acids is 1. The summed E-state index contributed by atoms with van der Waals surface area (Å²) in [7, 11) is 2.15. The molecule has 2 bridgehead atoms. The molecule has 1 N–H and O–H groups in total. The average molecular weight is 418 g/mol. The van der Waals surface area contributed by atoms with E-state index in [9.17, 15) is 4.79 Å². The van der Waals surface area contributed by atoms with Crippen LogP contribution < -0.4 is 0 Å². The molecule has 2 fully saturated rings. The smallest absolute Gasteiger partial charge is 0.256 e. The Morgan fingerprint density at radius 2 is 2.10 bits per heavy atom. The maximum Gasteiger partial charge on any atom is 0.256 e. The minimum Gasteiger partial charge on any atom is -0.346 e. The molecule has 0 spiro atoms. The van der Waals surface area contributed by atoms with E-state index in [-0.39, 0.29) is 7.33 Å². The Morgan fingerprint density at radius 1 is 1.32 bits per heavy atom. The van der Waals surface area contributed by atoms with Crippen molar-refractivity contribution in [2.75, 3.05) is 26.7 Å². The third kappa shape index (κ3) is 3.45. The average Bonchev–Trinajstić information content (AvgIpc) is 3.32. The van der Waals surface area contributed by atoms with Crippen molar-refractivity contribution in [1.82, 2.24) is 19.8 Å². The first-order chi connectivity index (χ1) is 15.1. The van der Waals surface area contributed by atoms with E-state index < -0.39 is 0 Å². The number of fused-ring (bicyclic) bond motifs is 3. The Hall–Kier alpha value is -2.99. The Labute approximate surface area is 184 Å². The molecular weight excluding hydrogens is 386 g/mol. The van der Waals surface area contributed by atoms with Gasteiger partial charge >= 0.3 is 0 Å². The number of H-pyrrole nitrogens is 1. The fourth-order valence-corrected chi connectivity index (χ4v) is 5.22. The number of hydrogen-bond acceptors (Lipinski definition) is 4. The number of nitrogens with zero attached hydrogens (tertiary/aromatic N) is 4. The molecule has 1 aliphatic carbocycles. The number of piperazine rings is 1. The number of aliphatic imine (C=N–C) groups is 1. The van der Waals surface area contributed by atoms with Crippen LogP contribution in [0.25, 0.3) is 16.6 Å². The van der Waals surface area contributed by atoms with Gasteiger partial charge in [-0.25, -0.2) is 4.98 Å². The van der Waals surface area contributed by atoms with Crippen molar-refractivity contribution in [3.8, 4) is 0 Å². The van der Waals surface area contributed by atoms with E-state index in [4.69, 9.17) is 0 Å². The fraction of sp³-hybridized carbons (Fsp3) is 0.400. The lowest BCUT2D eigenvalue weighted by Gasteiger charge is -2.39. The first-order valence-corrected chi connectivity index (χ1v) is 11.2. The molecule has 6 nitrogen and oxygen atoms in total. The van der Waals surface area contributed by atoms with Gasteiger partial charge in [0, 0.05) is 56.5 Å². The fourth-order valence-electron chi connectivity index (χ4n) is 5.22. The van der Waals surface area contributed by atoms with Gasteiger partial charge in [0.25, 0.3) is 5.91 Å². The summed E-state index contributed by atoms with van der Waals surface area (Å²) in [5.74, 6) is 0.113. The maximum absolute atomic E-state index is 13.4. The molecule has 5 rings (SSSR count). The van der Waals surface area contributed by atoms with Gasteiger partial charge in [-0.15, -0.1) is 0 Å². The molecule has 3 aliphatic rings. The monoisotopic (exact) mass is 417 g/mol. The molecule has 1 amide bonds. The number of nitrogens with one attached hydrogen (secondary N) is 1. The molecule has 2 atom stereocenters. The van der Waals surface area contributed by atoms with Crippen molar-refractivity contribution in [1.29, 1.82) is 0 Å². The van der Waals surface area contributed by atoms with Crippen molar-refractivity contribution >= 4 is 28.2 Å². The largest absolute Gasteiger partial charge is 0.346 e. The van der Waals surface area contributed by atoms with Gasteiger partial charge in [0.2, 0.25) is 0 Å². The zero-order chi connectivity index (χ0) is 21.5. The second-order valence-electron chi connectivity index (χ2n) is 8.68. The van der Waals surface area contributed by atoms with E-state index in [0.29, 0.717) is 17.6 Å². The lowest BCUT2D eigenvalue weighted by atomic mass is 9.94. The van der Waals surface area contributed by atoms with Crippen LogP contribution in [0.1, 0.15) is 44.0 Å². The van der Waals surface area contributed by atoms with Crippen molar-refractivity contribution in [3.63, 3.8) is 0 Å². The highest BCUT2D eigenvalue weighted by Crippen LogP contribution is 2.33. The summed E-state index contributed by atoms with van der Waals surface area (Å²) in [6.07, 6.45) is 14.3. The van der Waals surface area contributed by atoms with E-state index in [1.807, 2.05) is 26.1 Å². The van der Waals surface area contributed by atoms with Gasteiger partial charge in [-0.3, -0.25) is 9.79 Å². The molecule has 2 aromatic rings. The summed E-state index contributed by atoms with van der Waals surface area (Å²) in [4.78, 5) is 30.3. The van der Waals surface area contributed by atoms with Crippen LogP contribution in [0.5, 0.6) is 0 Å². The van der Waals surface area contributed by atoms with Gasteiger partial charge in [0.1, 0.15) is 5.65 Å². The Bertz CT molecular complexity index is 1140. The molecule has 0 saturated carbocycles. The number of amides is 1. The van der Waals surface area contributed by atoms with Crippen LogP contribution in [0.15, 0.2) is 53.3 Å². The minimum absolute atomic E-state index is 0. The summed E-state index contributed by atoms with van der Waals surface area (Å²) in [5, 5.41) is 0.981. The summed E-state index contributed by atoms with van der Waals surface area (Å²) >= 11 is 0. The lowest BCUT2D eigenvalue weighted by molar-refractivity contribution is 0.0472. The number of hydrogen-bond donors (Lipinski definition) is 1. The number of likely N-dealkylation sites (tertiary alicyclic amines) is 1. The molecule has 6 heteroatoms. The molecule has 31 heavy (non-hydrogen) atoms. The summed E-state index contributed by atoms with van der Waals surface area (Å²) in [6, 6.07) is 2.64. The number of allylic oxidation sites excluding steroid dienone is 6. The van der Waals surface area contributed by atoms with Gasteiger partial charge in [-0.1, -0.05) is 12.2 Å². The van der Waals surface area contributed by atoms with E-state index in [1.165, 1.54) is 0 Å². The van der Waals surface area contributed by atoms with Gasteiger partial charge < -0.3 is 14.8 Å². The molecule has 0 aromatic carbocycles.